The van der Waals surface area contributed by atoms with Gasteiger partial charge in [0.15, 0.2) is 0 Å². The van der Waals surface area contributed by atoms with Crippen LogP contribution in [0.5, 0.6) is 0 Å². The summed E-state index contributed by atoms with van der Waals surface area (Å²) in [5.74, 6) is 0. The van der Waals surface area contributed by atoms with Crippen molar-refractivity contribution in [2.24, 2.45) is 0 Å². The van der Waals surface area contributed by atoms with E-state index in [0.29, 0.717) is 0 Å². The quantitative estimate of drug-likeness (QED) is 0.419. The SMILES string of the molecule is C[C@@]12CCCN1[B]OC2(c1ccc2ccccc2c1)c1ccc2ccccc2c1. The number of benzene rings is 4. The zero-order valence-corrected chi connectivity index (χ0v) is 16.6. The summed E-state index contributed by atoms with van der Waals surface area (Å²) in [5.41, 5.74) is 1.85. The van der Waals surface area contributed by atoms with Crippen molar-refractivity contribution < 1.29 is 4.65 Å². The first kappa shape index (κ1) is 17.3. The summed E-state index contributed by atoms with van der Waals surface area (Å²) in [4.78, 5) is 2.41. The van der Waals surface area contributed by atoms with Crippen molar-refractivity contribution in [1.29, 1.82) is 0 Å². The first-order valence-electron chi connectivity index (χ1n) is 10.5. The van der Waals surface area contributed by atoms with E-state index in [-0.39, 0.29) is 5.54 Å². The standard InChI is InChI=1S/C26H23BNO/c1-25-15-6-16-28(25)27-29-26(25,23-13-11-19-7-2-4-9-21(19)17-23)24-14-12-20-8-3-5-10-22(20)18-24/h2-5,7-14,17-18H,6,15-16H2,1H3/t25-/m0/s1. The van der Waals surface area contributed by atoms with Crippen LogP contribution >= 0.6 is 0 Å². The fourth-order valence-electron chi connectivity index (χ4n) is 5.54. The van der Waals surface area contributed by atoms with Crippen LogP contribution < -0.4 is 0 Å². The third-order valence-electron chi connectivity index (χ3n) is 7.12. The molecule has 2 heterocycles. The van der Waals surface area contributed by atoms with Crippen molar-refractivity contribution in [3.05, 3.63) is 96.1 Å². The molecule has 0 bridgehead atoms. The molecule has 0 saturated carbocycles. The Morgan fingerprint density at radius 2 is 1.31 bits per heavy atom. The highest BCUT2D eigenvalue weighted by Crippen LogP contribution is 2.54. The van der Waals surface area contributed by atoms with Gasteiger partial charge in [-0.25, -0.2) is 0 Å². The summed E-state index contributed by atoms with van der Waals surface area (Å²) in [7, 11) is 1.98. The van der Waals surface area contributed by atoms with E-state index in [1.807, 2.05) is 7.62 Å². The highest BCUT2D eigenvalue weighted by Gasteiger charge is 2.61. The topological polar surface area (TPSA) is 12.5 Å². The molecule has 2 fully saturated rings. The Morgan fingerprint density at radius 1 is 0.759 bits per heavy atom. The Bertz CT molecular complexity index is 1160. The Balaban J connectivity index is 1.64. The molecule has 2 aliphatic heterocycles. The zero-order valence-electron chi connectivity index (χ0n) is 16.6. The zero-order chi connectivity index (χ0) is 19.5. The van der Waals surface area contributed by atoms with E-state index in [0.717, 1.165) is 13.0 Å². The molecule has 3 heteroatoms. The van der Waals surface area contributed by atoms with Crippen molar-refractivity contribution in [2.75, 3.05) is 6.54 Å². The van der Waals surface area contributed by atoms with Crippen LogP contribution in [-0.4, -0.2) is 24.5 Å². The van der Waals surface area contributed by atoms with Crippen LogP contribution in [0.1, 0.15) is 30.9 Å². The molecule has 0 spiro atoms. The molecule has 29 heavy (non-hydrogen) atoms. The molecule has 0 aromatic heterocycles. The van der Waals surface area contributed by atoms with Gasteiger partial charge in [0, 0.05) is 5.54 Å². The minimum atomic E-state index is -0.516. The van der Waals surface area contributed by atoms with Gasteiger partial charge in [0.05, 0.1) is 0 Å². The molecule has 1 radical (unpaired) electrons. The Labute approximate surface area is 172 Å². The lowest BCUT2D eigenvalue weighted by molar-refractivity contribution is 0.0480. The largest absolute Gasteiger partial charge is 0.409 e. The number of rotatable bonds is 2. The maximum absolute atomic E-state index is 6.68. The number of nitrogens with zero attached hydrogens (tertiary/aromatic N) is 1. The molecule has 6 rings (SSSR count). The van der Waals surface area contributed by atoms with Gasteiger partial charge >= 0.3 is 7.62 Å². The first-order valence-corrected chi connectivity index (χ1v) is 10.5. The molecule has 1 atom stereocenters. The van der Waals surface area contributed by atoms with Gasteiger partial charge in [0.1, 0.15) is 5.60 Å². The second-order valence-electron chi connectivity index (χ2n) is 8.60. The lowest BCUT2D eigenvalue weighted by Gasteiger charge is -2.45. The predicted molar refractivity (Wildman–Crippen MR) is 120 cm³/mol. The normalized spacial score (nSPS) is 23.3. The Kier molecular flexibility index (Phi) is 3.68. The lowest BCUT2D eigenvalue weighted by atomic mass is 9.70. The minimum Gasteiger partial charge on any atom is -0.409 e. The molecule has 0 unspecified atom stereocenters. The molecule has 141 valence electrons. The average molecular weight is 376 g/mol. The molecular formula is C26H23BNO. The smallest absolute Gasteiger partial charge is 0.400 e. The van der Waals surface area contributed by atoms with E-state index in [4.69, 9.17) is 4.65 Å². The van der Waals surface area contributed by atoms with E-state index in [2.05, 4.69) is 96.7 Å². The third kappa shape index (κ3) is 2.32. The fraction of sp³-hybridized carbons (Fsp3) is 0.231. The summed E-state index contributed by atoms with van der Waals surface area (Å²) in [6.07, 6.45) is 2.31. The van der Waals surface area contributed by atoms with Crippen molar-refractivity contribution in [3.8, 4) is 0 Å². The summed E-state index contributed by atoms with van der Waals surface area (Å²) < 4.78 is 6.68. The van der Waals surface area contributed by atoms with Crippen LogP contribution in [0.4, 0.5) is 0 Å². The van der Waals surface area contributed by atoms with Crippen LogP contribution in [0, 0.1) is 0 Å². The monoisotopic (exact) mass is 376 g/mol. The van der Waals surface area contributed by atoms with Crippen molar-refractivity contribution >= 4 is 29.2 Å². The van der Waals surface area contributed by atoms with Gasteiger partial charge in [0.25, 0.3) is 0 Å². The van der Waals surface area contributed by atoms with Crippen molar-refractivity contribution in [3.63, 3.8) is 0 Å². The first-order chi connectivity index (χ1) is 14.2. The molecular weight excluding hydrogens is 353 g/mol. The minimum absolute atomic E-state index is 0.0993. The van der Waals surface area contributed by atoms with E-state index in [1.165, 1.54) is 39.1 Å². The van der Waals surface area contributed by atoms with Crippen LogP contribution in [-0.2, 0) is 10.3 Å². The summed E-state index contributed by atoms with van der Waals surface area (Å²) >= 11 is 0. The molecule has 0 N–H and O–H groups in total. The Morgan fingerprint density at radius 3 is 1.90 bits per heavy atom. The van der Waals surface area contributed by atoms with Crippen LogP contribution in [0.15, 0.2) is 84.9 Å². The number of hydrogen-bond acceptors (Lipinski definition) is 2. The van der Waals surface area contributed by atoms with Gasteiger partial charge in [-0.15, -0.1) is 0 Å². The van der Waals surface area contributed by atoms with Gasteiger partial charge in [-0.3, -0.25) is 0 Å². The van der Waals surface area contributed by atoms with E-state index >= 15 is 0 Å². The van der Waals surface area contributed by atoms with E-state index in [1.54, 1.807) is 0 Å². The van der Waals surface area contributed by atoms with Gasteiger partial charge in [-0.05, 0) is 71.1 Å². The highest BCUT2D eigenvalue weighted by molar-refractivity contribution is 6.25. The summed E-state index contributed by atoms with van der Waals surface area (Å²) in [6, 6.07) is 30.8. The van der Waals surface area contributed by atoms with Crippen LogP contribution in [0.3, 0.4) is 0 Å². The second kappa shape index (κ2) is 6.19. The molecule has 2 saturated heterocycles. The molecule has 2 nitrogen and oxygen atoms in total. The maximum Gasteiger partial charge on any atom is 0.400 e. The van der Waals surface area contributed by atoms with Crippen molar-refractivity contribution in [2.45, 2.75) is 30.9 Å². The maximum atomic E-state index is 6.68. The third-order valence-corrected chi connectivity index (χ3v) is 7.12. The lowest BCUT2D eigenvalue weighted by Crippen LogP contribution is -2.51. The molecule has 4 aromatic carbocycles. The van der Waals surface area contributed by atoms with E-state index < -0.39 is 5.60 Å². The Hall–Kier alpha value is -2.62. The average Bonchev–Trinajstić information content (AvgIpc) is 3.28. The summed E-state index contributed by atoms with van der Waals surface area (Å²) in [5, 5.41) is 5.04. The fourth-order valence-corrected chi connectivity index (χ4v) is 5.54. The molecule has 0 aliphatic carbocycles. The molecule has 0 amide bonds. The molecule has 4 aromatic rings. The van der Waals surface area contributed by atoms with Crippen LogP contribution in [0.25, 0.3) is 21.5 Å². The second-order valence-corrected chi connectivity index (χ2v) is 8.60. The van der Waals surface area contributed by atoms with Gasteiger partial charge in [0.2, 0.25) is 0 Å². The van der Waals surface area contributed by atoms with Gasteiger partial charge < -0.3 is 9.47 Å². The van der Waals surface area contributed by atoms with Crippen LogP contribution in [0.2, 0.25) is 0 Å². The van der Waals surface area contributed by atoms with Gasteiger partial charge in [-0.1, -0.05) is 72.8 Å². The summed E-state index contributed by atoms with van der Waals surface area (Å²) in [6.45, 7) is 3.42. The number of fused-ring (bicyclic) bond motifs is 3. The molecule has 2 aliphatic rings. The predicted octanol–water partition coefficient (Wildman–Crippen LogP) is 5.66. The van der Waals surface area contributed by atoms with Crippen molar-refractivity contribution in [1.82, 2.24) is 4.81 Å². The van der Waals surface area contributed by atoms with E-state index in [9.17, 15) is 0 Å². The highest BCUT2D eigenvalue weighted by atomic mass is 16.5. The number of hydrogen-bond donors (Lipinski definition) is 0. The van der Waals surface area contributed by atoms with Gasteiger partial charge in [-0.2, -0.15) is 0 Å².